The quantitative estimate of drug-likeness (QED) is 0.168. The topological polar surface area (TPSA) is 51.6 Å². The predicted molar refractivity (Wildman–Crippen MR) is 197 cm³/mol. The molecule has 0 aliphatic rings. The van der Waals surface area contributed by atoms with Crippen molar-refractivity contribution in [2.24, 2.45) is 0 Å². The summed E-state index contributed by atoms with van der Waals surface area (Å²) < 4.78 is 0. The van der Waals surface area contributed by atoms with Gasteiger partial charge in [-0.1, -0.05) is 121 Å². The molecule has 8 rings (SSSR count). The minimum Gasteiger partial charge on any atom is -0.255 e. The van der Waals surface area contributed by atoms with Gasteiger partial charge in [-0.05, 0) is 93.0 Å². The van der Waals surface area contributed by atoms with Gasteiger partial charge in [0.1, 0.15) is 0 Å². The van der Waals surface area contributed by atoms with Crippen LogP contribution in [-0.2, 0) is 19.8 Å². The van der Waals surface area contributed by atoms with E-state index in [1.807, 2.05) is 122 Å². The van der Waals surface area contributed by atoms with Crippen LogP contribution < -0.4 is 0 Å². The first-order valence-corrected chi connectivity index (χ1v) is 15.9. The first-order valence-electron chi connectivity index (χ1n) is 15.9. The zero-order valence-corrected chi connectivity index (χ0v) is 29.2. The Kier molecular flexibility index (Phi) is 11.0. The van der Waals surface area contributed by atoms with Crippen molar-refractivity contribution in [1.29, 1.82) is 0 Å². The molecule has 5 heteroatoms. The van der Waals surface area contributed by atoms with E-state index < -0.39 is 0 Å². The second-order valence-corrected chi connectivity index (χ2v) is 11.2. The van der Waals surface area contributed by atoms with Crippen molar-refractivity contribution in [2.45, 2.75) is 0 Å². The van der Waals surface area contributed by atoms with Gasteiger partial charge in [0.2, 0.25) is 0 Å². The summed E-state index contributed by atoms with van der Waals surface area (Å²) in [5.41, 5.74) is 12.8. The molecule has 49 heavy (non-hydrogen) atoms. The summed E-state index contributed by atoms with van der Waals surface area (Å²) in [7, 11) is 0. The molecular formula is C44H32N4Os. The van der Waals surface area contributed by atoms with Gasteiger partial charge in [-0.2, -0.15) is 0 Å². The van der Waals surface area contributed by atoms with Crippen LogP contribution in [0.1, 0.15) is 0 Å². The maximum Gasteiger partial charge on any atom is 0.0892 e. The Morgan fingerprint density at radius 2 is 0.429 bits per heavy atom. The number of aromatic nitrogens is 4. The fraction of sp³-hybridized carbons (Fsp3) is 0. The third-order valence-electron chi connectivity index (χ3n) is 7.99. The molecule has 4 aromatic carbocycles. The van der Waals surface area contributed by atoms with Crippen LogP contribution in [0, 0.1) is 0 Å². The van der Waals surface area contributed by atoms with Crippen molar-refractivity contribution in [2.75, 3.05) is 0 Å². The van der Waals surface area contributed by atoms with Gasteiger partial charge in [0, 0.05) is 44.6 Å². The molecule has 0 amide bonds. The van der Waals surface area contributed by atoms with Crippen molar-refractivity contribution < 1.29 is 19.8 Å². The average Bonchev–Trinajstić information content (AvgIpc) is 3.20. The average molecular weight is 807 g/mol. The van der Waals surface area contributed by atoms with Crippen LogP contribution in [-0.4, -0.2) is 19.9 Å². The van der Waals surface area contributed by atoms with Crippen LogP contribution in [0.2, 0.25) is 0 Å². The molecule has 4 heterocycles. The minimum absolute atomic E-state index is 0. The van der Waals surface area contributed by atoms with Gasteiger partial charge >= 0.3 is 0 Å². The van der Waals surface area contributed by atoms with Gasteiger partial charge in [0.15, 0.2) is 0 Å². The van der Waals surface area contributed by atoms with Gasteiger partial charge in [0.25, 0.3) is 0 Å². The smallest absolute Gasteiger partial charge is 0.0892 e. The van der Waals surface area contributed by atoms with Crippen LogP contribution in [0.3, 0.4) is 0 Å². The van der Waals surface area contributed by atoms with Crippen molar-refractivity contribution in [3.63, 3.8) is 0 Å². The molecule has 4 nitrogen and oxygen atoms in total. The van der Waals surface area contributed by atoms with Crippen molar-refractivity contribution in [3.05, 3.63) is 195 Å². The molecule has 0 bridgehead atoms. The number of pyridine rings is 4. The Bertz CT molecular complexity index is 1900. The molecule has 0 spiro atoms. The second kappa shape index (κ2) is 16.3. The van der Waals surface area contributed by atoms with Crippen LogP contribution in [0.5, 0.6) is 0 Å². The molecule has 0 radical (unpaired) electrons. The van der Waals surface area contributed by atoms with Crippen LogP contribution in [0.4, 0.5) is 0 Å². The van der Waals surface area contributed by atoms with E-state index in [4.69, 9.17) is 0 Å². The SMILES string of the molecule is [Os].c1ccc(-c2ccnc(-c3cc(-c4ccccc4)ccn3)c2)cc1.c1ccc(-c2ccnc(-c3cc(-c4ccccc4)ccn3)c2)cc1. The zero-order valence-electron chi connectivity index (χ0n) is 26.6. The summed E-state index contributed by atoms with van der Waals surface area (Å²) in [4.78, 5) is 18.0. The summed E-state index contributed by atoms with van der Waals surface area (Å²) in [5.74, 6) is 0. The molecule has 4 aromatic heterocycles. The van der Waals surface area contributed by atoms with Crippen LogP contribution >= 0.6 is 0 Å². The molecule has 0 aliphatic heterocycles. The van der Waals surface area contributed by atoms with E-state index in [2.05, 4.69) is 92.7 Å². The normalized spacial score (nSPS) is 10.3. The van der Waals surface area contributed by atoms with Crippen molar-refractivity contribution >= 4 is 0 Å². The minimum atomic E-state index is 0. The molecule has 0 unspecified atom stereocenters. The van der Waals surface area contributed by atoms with E-state index in [0.29, 0.717) is 0 Å². The fourth-order valence-electron chi connectivity index (χ4n) is 5.52. The largest absolute Gasteiger partial charge is 0.255 e. The van der Waals surface area contributed by atoms with E-state index in [1.165, 1.54) is 22.3 Å². The maximum absolute atomic E-state index is 4.51. The van der Waals surface area contributed by atoms with E-state index in [1.54, 1.807) is 0 Å². The Balaban J connectivity index is 0.000000167. The van der Waals surface area contributed by atoms with Gasteiger partial charge in [0.05, 0.1) is 22.8 Å². The number of hydrogen-bond donors (Lipinski definition) is 0. The van der Waals surface area contributed by atoms with Gasteiger partial charge in [-0.25, -0.2) is 0 Å². The molecule has 0 aliphatic carbocycles. The standard InChI is InChI=1S/2C22H16N2.Os/c2*1-3-7-17(8-4-1)19-11-13-23-21(15-19)22-16-20(12-14-24-22)18-9-5-2-6-10-18;/h2*1-16H;. The summed E-state index contributed by atoms with van der Waals surface area (Å²) in [6, 6.07) is 57.8. The predicted octanol–water partition coefficient (Wildman–Crippen LogP) is 11.0. The van der Waals surface area contributed by atoms with Gasteiger partial charge < -0.3 is 0 Å². The number of rotatable bonds is 6. The van der Waals surface area contributed by atoms with E-state index in [0.717, 1.165) is 45.0 Å². The van der Waals surface area contributed by atoms with Gasteiger partial charge in [-0.3, -0.25) is 19.9 Å². The first-order chi connectivity index (χ1) is 23.8. The third kappa shape index (κ3) is 8.35. The zero-order chi connectivity index (χ0) is 32.4. The molecule has 0 fully saturated rings. The fourth-order valence-corrected chi connectivity index (χ4v) is 5.52. The Morgan fingerprint density at radius 1 is 0.224 bits per heavy atom. The summed E-state index contributed by atoms with van der Waals surface area (Å²) in [6.45, 7) is 0. The molecule has 0 saturated carbocycles. The van der Waals surface area contributed by atoms with E-state index in [-0.39, 0.29) is 19.8 Å². The number of nitrogens with zero attached hydrogens (tertiary/aromatic N) is 4. The van der Waals surface area contributed by atoms with Crippen LogP contribution in [0.25, 0.3) is 67.3 Å². The molecule has 0 saturated heterocycles. The maximum atomic E-state index is 4.51. The second-order valence-electron chi connectivity index (χ2n) is 11.2. The van der Waals surface area contributed by atoms with Crippen LogP contribution in [0.15, 0.2) is 195 Å². The Morgan fingerprint density at radius 3 is 0.633 bits per heavy atom. The summed E-state index contributed by atoms with van der Waals surface area (Å²) in [5, 5.41) is 0. The van der Waals surface area contributed by atoms with E-state index >= 15 is 0 Å². The van der Waals surface area contributed by atoms with Crippen molar-refractivity contribution in [1.82, 2.24) is 19.9 Å². The molecule has 0 N–H and O–H groups in total. The number of benzene rings is 4. The Labute approximate surface area is 300 Å². The van der Waals surface area contributed by atoms with Gasteiger partial charge in [-0.15, -0.1) is 0 Å². The Hall–Kier alpha value is -5.88. The van der Waals surface area contributed by atoms with E-state index in [9.17, 15) is 0 Å². The molecular weight excluding hydrogens is 775 g/mol. The monoisotopic (exact) mass is 808 g/mol. The summed E-state index contributed by atoms with van der Waals surface area (Å²) >= 11 is 0. The third-order valence-corrected chi connectivity index (χ3v) is 7.99. The number of hydrogen-bond acceptors (Lipinski definition) is 4. The van der Waals surface area contributed by atoms with Crippen molar-refractivity contribution in [3.8, 4) is 67.3 Å². The molecule has 8 aromatic rings. The molecule has 236 valence electrons. The molecule has 0 atom stereocenters. The first kappa shape index (κ1) is 33.0. The summed E-state index contributed by atoms with van der Waals surface area (Å²) in [6.07, 6.45) is 7.37.